The predicted molar refractivity (Wildman–Crippen MR) is 88.1 cm³/mol. The number of hydrogen-bond acceptors (Lipinski definition) is 4. The van der Waals surface area contributed by atoms with Gasteiger partial charge in [-0.15, -0.1) is 11.3 Å². The molecule has 2 aromatic rings. The van der Waals surface area contributed by atoms with Gasteiger partial charge in [0.1, 0.15) is 10.8 Å². The molecular formula is C17H23NO2S. The molecule has 0 bridgehead atoms. The summed E-state index contributed by atoms with van der Waals surface area (Å²) in [5.41, 5.74) is 1.18. The van der Waals surface area contributed by atoms with Gasteiger partial charge in [0.25, 0.3) is 0 Å². The lowest BCUT2D eigenvalue weighted by Crippen LogP contribution is -2.16. The Morgan fingerprint density at radius 3 is 2.29 bits per heavy atom. The van der Waals surface area contributed by atoms with Gasteiger partial charge in [0.15, 0.2) is 0 Å². The monoisotopic (exact) mass is 305 g/mol. The van der Waals surface area contributed by atoms with Crippen LogP contribution in [0.1, 0.15) is 51.1 Å². The van der Waals surface area contributed by atoms with Gasteiger partial charge in [0, 0.05) is 5.56 Å². The van der Waals surface area contributed by atoms with E-state index in [4.69, 9.17) is 9.72 Å². The van der Waals surface area contributed by atoms with E-state index in [2.05, 4.69) is 13.8 Å². The molecule has 0 aliphatic rings. The number of benzene rings is 1. The molecule has 0 radical (unpaired) electrons. The Labute approximate surface area is 130 Å². The second-order valence-electron chi connectivity index (χ2n) is 5.90. The lowest BCUT2D eigenvalue weighted by atomic mass is 10.0. The SMILES string of the molecule is CCOc1ccc(-c2nc(C(C)C)c(C(C)(C)O)s2)cc1. The number of hydrogen-bond donors (Lipinski definition) is 1. The first kappa shape index (κ1) is 16.0. The molecule has 4 heteroatoms. The van der Waals surface area contributed by atoms with Crippen LogP contribution in [0.25, 0.3) is 10.6 Å². The Kier molecular flexibility index (Phi) is 4.69. The molecule has 0 saturated heterocycles. The van der Waals surface area contributed by atoms with E-state index >= 15 is 0 Å². The van der Waals surface area contributed by atoms with Crippen molar-refractivity contribution in [1.29, 1.82) is 0 Å². The van der Waals surface area contributed by atoms with Crippen molar-refractivity contribution in [2.45, 2.75) is 46.1 Å². The van der Waals surface area contributed by atoms with Crippen molar-refractivity contribution in [2.75, 3.05) is 6.61 Å². The second kappa shape index (κ2) is 6.16. The molecule has 1 heterocycles. The van der Waals surface area contributed by atoms with Gasteiger partial charge in [0.05, 0.1) is 22.8 Å². The Morgan fingerprint density at radius 2 is 1.86 bits per heavy atom. The number of aromatic nitrogens is 1. The highest BCUT2D eigenvalue weighted by Crippen LogP contribution is 2.38. The zero-order chi connectivity index (χ0) is 15.6. The normalized spacial score (nSPS) is 12.0. The molecular weight excluding hydrogens is 282 g/mol. The maximum atomic E-state index is 10.3. The van der Waals surface area contributed by atoms with Gasteiger partial charge in [-0.25, -0.2) is 4.98 Å². The zero-order valence-corrected chi connectivity index (χ0v) is 14.1. The first-order chi connectivity index (χ1) is 9.82. The van der Waals surface area contributed by atoms with Crippen LogP contribution in [0.2, 0.25) is 0 Å². The highest BCUT2D eigenvalue weighted by Gasteiger charge is 2.26. The molecule has 0 aliphatic carbocycles. The van der Waals surface area contributed by atoms with Crippen molar-refractivity contribution >= 4 is 11.3 Å². The topological polar surface area (TPSA) is 42.4 Å². The Balaban J connectivity index is 2.40. The molecule has 0 fully saturated rings. The number of nitrogens with zero attached hydrogens (tertiary/aromatic N) is 1. The van der Waals surface area contributed by atoms with Crippen LogP contribution in [-0.2, 0) is 5.60 Å². The quantitative estimate of drug-likeness (QED) is 0.880. The minimum absolute atomic E-state index is 0.291. The molecule has 1 aromatic heterocycles. The summed E-state index contributed by atoms with van der Waals surface area (Å²) in [5, 5.41) is 11.3. The third kappa shape index (κ3) is 3.63. The number of ether oxygens (including phenoxy) is 1. The Bertz CT molecular complexity index is 594. The number of aliphatic hydroxyl groups is 1. The summed E-state index contributed by atoms with van der Waals surface area (Å²) < 4.78 is 5.46. The van der Waals surface area contributed by atoms with E-state index in [0.717, 1.165) is 26.9 Å². The molecule has 3 nitrogen and oxygen atoms in total. The predicted octanol–water partition coefficient (Wildman–Crippen LogP) is 4.56. The van der Waals surface area contributed by atoms with Crippen molar-refractivity contribution in [3.8, 4) is 16.3 Å². The van der Waals surface area contributed by atoms with Gasteiger partial charge in [-0.05, 0) is 51.0 Å². The molecule has 114 valence electrons. The van der Waals surface area contributed by atoms with Gasteiger partial charge in [-0.1, -0.05) is 13.8 Å². The molecule has 21 heavy (non-hydrogen) atoms. The van der Waals surface area contributed by atoms with Crippen LogP contribution in [0.4, 0.5) is 0 Å². The van der Waals surface area contributed by atoms with Crippen LogP contribution in [0.15, 0.2) is 24.3 Å². The standard InChI is InChI=1S/C17H23NO2S/c1-6-20-13-9-7-12(8-10-13)16-18-14(11(2)3)15(21-16)17(4,5)19/h7-11,19H,6H2,1-5H3. The zero-order valence-electron chi connectivity index (χ0n) is 13.3. The average molecular weight is 305 g/mol. The average Bonchev–Trinajstić information content (AvgIpc) is 2.85. The van der Waals surface area contributed by atoms with Crippen LogP contribution in [0.3, 0.4) is 0 Å². The van der Waals surface area contributed by atoms with Crippen molar-refractivity contribution in [2.24, 2.45) is 0 Å². The molecule has 0 aliphatic heterocycles. The minimum atomic E-state index is -0.860. The van der Waals surface area contributed by atoms with Crippen LogP contribution in [0, 0.1) is 0 Å². The second-order valence-corrected chi connectivity index (χ2v) is 6.90. The smallest absolute Gasteiger partial charge is 0.123 e. The highest BCUT2D eigenvalue weighted by atomic mass is 32.1. The maximum absolute atomic E-state index is 10.3. The fourth-order valence-corrected chi connectivity index (χ4v) is 3.37. The first-order valence-corrected chi connectivity index (χ1v) is 8.11. The summed E-state index contributed by atoms with van der Waals surface area (Å²) >= 11 is 1.57. The molecule has 0 saturated carbocycles. The molecule has 0 amide bonds. The fraction of sp³-hybridized carbons (Fsp3) is 0.471. The van der Waals surface area contributed by atoms with E-state index in [1.54, 1.807) is 11.3 Å². The van der Waals surface area contributed by atoms with Crippen molar-refractivity contribution in [3.05, 3.63) is 34.8 Å². The number of rotatable bonds is 5. The van der Waals surface area contributed by atoms with Gasteiger partial charge in [-0.3, -0.25) is 0 Å². The molecule has 0 atom stereocenters. The van der Waals surface area contributed by atoms with Gasteiger partial charge >= 0.3 is 0 Å². The summed E-state index contributed by atoms with van der Waals surface area (Å²) in [6.45, 7) is 10.5. The van der Waals surface area contributed by atoms with Crippen LogP contribution in [0.5, 0.6) is 5.75 Å². The van der Waals surface area contributed by atoms with E-state index in [9.17, 15) is 5.11 Å². The van der Waals surface area contributed by atoms with Gasteiger partial charge in [-0.2, -0.15) is 0 Å². The van der Waals surface area contributed by atoms with Crippen molar-refractivity contribution in [3.63, 3.8) is 0 Å². The molecule has 0 spiro atoms. The molecule has 1 N–H and O–H groups in total. The summed E-state index contributed by atoms with van der Waals surface area (Å²) in [6.07, 6.45) is 0. The van der Waals surface area contributed by atoms with Crippen LogP contribution >= 0.6 is 11.3 Å². The van der Waals surface area contributed by atoms with E-state index in [1.807, 2.05) is 45.0 Å². The first-order valence-electron chi connectivity index (χ1n) is 7.29. The Hall–Kier alpha value is -1.39. The number of thiazole rings is 1. The van der Waals surface area contributed by atoms with E-state index in [1.165, 1.54) is 0 Å². The molecule has 0 unspecified atom stereocenters. The minimum Gasteiger partial charge on any atom is -0.494 e. The summed E-state index contributed by atoms with van der Waals surface area (Å²) in [5.74, 6) is 1.16. The third-order valence-corrected chi connectivity index (χ3v) is 4.60. The molecule has 1 aromatic carbocycles. The van der Waals surface area contributed by atoms with Crippen molar-refractivity contribution < 1.29 is 9.84 Å². The van der Waals surface area contributed by atoms with E-state index in [-0.39, 0.29) is 0 Å². The fourth-order valence-electron chi connectivity index (χ4n) is 2.15. The lowest BCUT2D eigenvalue weighted by molar-refractivity contribution is 0.0811. The third-order valence-electron chi connectivity index (χ3n) is 3.17. The summed E-state index contributed by atoms with van der Waals surface area (Å²) in [7, 11) is 0. The largest absolute Gasteiger partial charge is 0.494 e. The van der Waals surface area contributed by atoms with E-state index in [0.29, 0.717) is 12.5 Å². The summed E-state index contributed by atoms with van der Waals surface area (Å²) in [4.78, 5) is 5.69. The highest BCUT2D eigenvalue weighted by molar-refractivity contribution is 7.15. The van der Waals surface area contributed by atoms with Crippen LogP contribution in [-0.4, -0.2) is 16.7 Å². The van der Waals surface area contributed by atoms with E-state index < -0.39 is 5.60 Å². The Morgan fingerprint density at radius 1 is 1.24 bits per heavy atom. The lowest BCUT2D eigenvalue weighted by Gasteiger charge is -2.17. The van der Waals surface area contributed by atoms with Crippen LogP contribution < -0.4 is 4.74 Å². The maximum Gasteiger partial charge on any atom is 0.123 e. The molecule has 2 rings (SSSR count). The van der Waals surface area contributed by atoms with Gasteiger partial charge < -0.3 is 9.84 Å². The summed E-state index contributed by atoms with van der Waals surface area (Å²) in [6, 6.07) is 7.95. The van der Waals surface area contributed by atoms with Crippen molar-refractivity contribution in [1.82, 2.24) is 4.98 Å². The van der Waals surface area contributed by atoms with Gasteiger partial charge in [0.2, 0.25) is 0 Å².